The highest BCUT2D eigenvalue weighted by Gasteiger charge is 2.17. The second-order valence-electron chi connectivity index (χ2n) is 7.62. The lowest BCUT2D eigenvalue weighted by Gasteiger charge is -2.04. The van der Waals surface area contributed by atoms with E-state index in [-0.39, 0.29) is 18.0 Å². The van der Waals surface area contributed by atoms with Gasteiger partial charge in [0.25, 0.3) is 5.69 Å². The van der Waals surface area contributed by atoms with Gasteiger partial charge in [-0.2, -0.15) is 5.10 Å². The number of aromatic nitrogens is 3. The van der Waals surface area contributed by atoms with Crippen molar-refractivity contribution in [2.45, 2.75) is 13.0 Å². The summed E-state index contributed by atoms with van der Waals surface area (Å²) in [5, 5.41) is 19.5. The predicted molar refractivity (Wildman–Crippen MR) is 131 cm³/mol. The molecule has 0 atom stereocenters. The Labute approximate surface area is 198 Å². The molecule has 0 fully saturated rings. The van der Waals surface area contributed by atoms with Crippen molar-refractivity contribution in [3.63, 3.8) is 0 Å². The van der Waals surface area contributed by atoms with Gasteiger partial charge in [0, 0.05) is 29.5 Å². The monoisotopic (exact) mass is 469 g/mol. The van der Waals surface area contributed by atoms with Crippen LogP contribution in [0.1, 0.15) is 10.6 Å². The highest BCUT2D eigenvalue weighted by molar-refractivity contribution is 7.18. The van der Waals surface area contributed by atoms with Crippen LogP contribution in [0.25, 0.3) is 27.2 Å². The number of nitrogens with zero attached hydrogens (tertiary/aromatic N) is 4. The Morgan fingerprint density at radius 1 is 1.00 bits per heavy atom. The molecule has 9 heteroatoms. The summed E-state index contributed by atoms with van der Waals surface area (Å²) >= 11 is 1.55. The standard InChI is InChI=1S/C25H19N5O3S/c31-23(26-15-24-27-21-8-4-5-9-22(21)34-24)14-18-16-29(19-6-2-1-3-7-19)28-25(18)17-10-12-20(13-11-17)30(32)33/h1-13,16H,14-15H2,(H,26,31). The van der Waals surface area contributed by atoms with Gasteiger partial charge in [0.2, 0.25) is 5.91 Å². The minimum Gasteiger partial charge on any atom is -0.349 e. The SMILES string of the molecule is O=C(Cc1cn(-c2ccccc2)nc1-c1ccc([N+](=O)[O-])cc1)NCc1nc2ccccc2s1. The second-order valence-corrected chi connectivity index (χ2v) is 8.73. The molecule has 5 aromatic rings. The van der Waals surface area contributed by atoms with Gasteiger partial charge in [-0.1, -0.05) is 30.3 Å². The van der Waals surface area contributed by atoms with Crippen LogP contribution in [0.4, 0.5) is 5.69 Å². The van der Waals surface area contributed by atoms with Gasteiger partial charge in [-0.25, -0.2) is 9.67 Å². The highest BCUT2D eigenvalue weighted by atomic mass is 32.1. The van der Waals surface area contributed by atoms with E-state index in [0.717, 1.165) is 26.5 Å². The summed E-state index contributed by atoms with van der Waals surface area (Å²) in [5.41, 5.74) is 3.80. The second kappa shape index (κ2) is 9.24. The van der Waals surface area contributed by atoms with Crippen LogP contribution in [0.3, 0.4) is 0 Å². The third-order valence-corrected chi connectivity index (χ3v) is 6.32. The maximum atomic E-state index is 12.8. The number of carbonyl (C=O) groups excluding carboxylic acids is 1. The van der Waals surface area contributed by atoms with Crippen molar-refractivity contribution in [2.24, 2.45) is 0 Å². The Morgan fingerprint density at radius 2 is 1.74 bits per heavy atom. The lowest BCUT2D eigenvalue weighted by Crippen LogP contribution is -2.24. The molecule has 2 heterocycles. The van der Waals surface area contributed by atoms with Crippen molar-refractivity contribution in [3.05, 3.63) is 106 Å². The molecule has 0 bridgehead atoms. The van der Waals surface area contributed by atoms with Crippen LogP contribution in [0.2, 0.25) is 0 Å². The molecule has 8 nitrogen and oxygen atoms in total. The number of nitrogens with one attached hydrogen (secondary N) is 1. The number of nitro benzene ring substituents is 1. The summed E-state index contributed by atoms with van der Waals surface area (Å²) in [6.45, 7) is 0.345. The van der Waals surface area contributed by atoms with Gasteiger partial charge in [-0.3, -0.25) is 14.9 Å². The van der Waals surface area contributed by atoms with Gasteiger partial charge in [0.15, 0.2) is 0 Å². The largest absolute Gasteiger partial charge is 0.349 e. The molecule has 3 aromatic carbocycles. The fraction of sp³-hybridized carbons (Fsp3) is 0.0800. The number of para-hydroxylation sites is 2. The van der Waals surface area contributed by atoms with Crippen molar-refractivity contribution in [1.82, 2.24) is 20.1 Å². The topological polar surface area (TPSA) is 103 Å². The first-order valence-corrected chi connectivity index (χ1v) is 11.4. The lowest BCUT2D eigenvalue weighted by molar-refractivity contribution is -0.384. The van der Waals surface area contributed by atoms with Crippen molar-refractivity contribution in [3.8, 4) is 16.9 Å². The molecule has 2 aromatic heterocycles. The average Bonchev–Trinajstić information content (AvgIpc) is 3.47. The van der Waals surface area contributed by atoms with Crippen molar-refractivity contribution >= 4 is 33.1 Å². The van der Waals surface area contributed by atoms with Crippen LogP contribution in [0, 0.1) is 10.1 Å². The normalized spacial score (nSPS) is 10.9. The molecular formula is C25H19N5O3S. The van der Waals surface area contributed by atoms with Crippen LogP contribution in [-0.2, 0) is 17.8 Å². The lowest BCUT2D eigenvalue weighted by atomic mass is 10.1. The minimum atomic E-state index is -0.442. The number of fused-ring (bicyclic) bond motifs is 1. The minimum absolute atomic E-state index is 0.00127. The van der Waals surface area contributed by atoms with Crippen LogP contribution >= 0.6 is 11.3 Å². The van der Waals surface area contributed by atoms with Gasteiger partial charge in [-0.05, 0) is 36.4 Å². The zero-order valence-corrected chi connectivity index (χ0v) is 18.7. The summed E-state index contributed by atoms with van der Waals surface area (Å²) in [4.78, 5) is 28.0. The van der Waals surface area contributed by atoms with Gasteiger partial charge < -0.3 is 5.32 Å². The van der Waals surface area contributed by atoms with Crippen LogP contribution in [0.5, 0.6) is 0 Å². The quantitative estimate of drug-likeness (QED) is 0.269. The van der Waals surface area contributed by atoms with Crippen molar-refractivity contribution < 1.29 is 9.72 Å². The van der Waals surface area contributed by atoms with Crippen LogP contribution in [-0.4, -0.2) is 25.6 Å². The molecule has 34 heavy (non-hydrogen) atoms. The van der Waals surface area contributed by atoms with Crippen molar-refractivity contribution in [2.75, 3.05) is 0 Å². The number of non-ortho nitro benzene ring substituents is 1. The molecule has 5 rings (SSSR count). The number of amides is 1. The number of carbonyl (C=O) groups is 1. The molecule has 0 aliphatic heterocycles. The van der Waals surface area contributed by atoms with E-state index < -0.39 is 4.92 Å². The predicted octanol–water partition coefficient (Wildman–Crippen LogP) is 4.92. The molecular weight excluding hydrogens is 450 g/mol. The Morgan fingerprint density at radius 3 is 2.47 bits per heavy atom. The Bertz CT molecular complexity index is 1440. The zero-order valence-electron chi connectivity index (χ0n) is 17.9. The maximum Gasteiger partial charge on any atom is 0.269 e. The summed E-state index contributed by atoms with van der Waals surface area (Å²) < 4.78 is 2.80. The first kappa shape index (κ1) is 21.5. The zero-order chi connectivity index (χ0) is 23.5. The fourth-order valence-electron chi connectivity index (χ4n) is 3.64. The van der Waals surface area contributed by atoms with E-state index in [1.54, 1.807) is 28.2 Å². The highest BCUT2D eigenvalue weighted by Crippen LogP contribution is 2.26. The summed E-state index contributed by atoms with van der Waals surface area (Å²) in [6, 6.07) is 23.6. The first-order chi connectivity index (χ1) is 16.6. The van der Waals surface area contributed by atoms with Crippen molar-refractivity contribution in [1.29, 1.82) is 0 Å². The smallest absolute Gasteiger partial charge is 0.269 e. The molecule has 0 aliphatic rings. The molecule has 1 amide bonds. The van der Waals surface area contributed by atoms with Crippen LogP contribution in [0.15, 0.2) is 85.1 Å². The van der Waals surface area contributed by atoms with E-state index in [1.165, 1.54) is 12.1 Å². The fourth-order valence-corrected chi connectivity index (χ4v) is 4.55. The average molecular weight is 470 g/mol. The molecule has 0 radical (unpaired) electrons. The molecule has 0 spiro atoms. The molecule has 0 saturated heterocycles. The summed E-state index contributed by atoms with van der Waals surface area (Å²) in [7, 11) is 0. The number of hydrogen-bond acceptors (Lipinski definition) is 6. The first-order valence-electron chi connectivity index (χ1n) is 10.6. The number of thiazole rings is 1. The molecule has 168 valence electrons. The van der Waals surface area contributed by atoms with E-state index in [1.807, 2.05) is 60.8 Å². The number of hydrogen-bond donors (Lipinski definition) is 1. The van der Waals surface area contributed by atoms with E-state index in [0.29, 0.717) is 17.8 Å². The van der Waals surface area contributed by atoms with Gasteiger partial charge >= 0.3 is 0 Å². The van der Waals surface area contributed by atoms with E-state index in [4.69, 9.17) is 0 Å². The van der Waals surface area contributed by atoms with Gasteiger partial charge in [-0.15, -0.1) is 11.3 Å². The van der Waals surface area contributed by atoms with E-state index in [9.17, 15) is 14.9 Å². The van der Waals surface area contributed by atoms with E-state index >= 15 is 0 Å². The van der Waals surface area contributed by atoms with Gasteiger partial charge in [0.05, 0.1) is 39.5 Å². The van der Waals surface area contributed by atoms with Gasteiger partial charge in [0.1, 0.15) is 5.01 Å². The Hall–Kier alpha value is -4.37. The number of benzene rings is 3. The van der Waals surface area contributed by atoms with Crippen LogP contribution < -0.4 is 5.32 Å². The Kier molecular flexibility index (Phi) is 5.84. The molecule has 0 unspecified atom stereocenters. The molecule has 0 saturated carbocycles. The Balaban J connectivity index is 1.39. The number of rotatable bonds is 7. The molecule has 1 N–H and O–H groups in total. The maximum absolute atomic E-state index is 12.8. The third-order valence-electron chi connectivity index (χ3n) is 5.29. The summed E-state index contributed by atoms with van der Waals surface area (Å²) in [5.74, 6) is -0.157. The summed E-state index contributed by atoms with van der Waals surface area (Å²) in [6.07, 6.45) is 1.94. The number of nitro groups is 1. The molecule has 0 aliphatic carbocycles. The van der Waals surface area contributed by atoms with E-state index in [2.05, 4.69) is 15.4 Å². The third kappa shape index (κ3) is 4.55.